The van der Waals surface area contributed by atoms with Crippen molar-refractivity contribution in [2.24, 2.45) is 0 Å². The molecule has 2 heterocycles. The molecule has 4 rings (SSSR count). The molecule has 8 heteroatoms. The number of aryl methyl sites for hydroxylation is 1. The van der Waals surface area contributed by atoms with Crippen molar-refractivity contribution in [1.29, 1.82) is 0 Å². The van der Waals surface area contributed by atoms with Gasteiger partial charge in [-0.15, -0.1) is 0 Å². The van der Waals surface area contributed by atoms with E-state index in [1.807, 2.05) is 6.92 Å². The number of hydrogen-bond acceptors (Lipinski definition) is 6. The van der Waals surface area contributed by atoms with E-state index in [2.05, 4.69) is 0 Å². The normalized spacial score (nSPS) is 18.6. The van der Waals surface area contributed by atoms with E-state index in [1.54, 1.807) is 36.4 Å². The van der Waals surface area contributed by atoms with Crippen LogP contribution in [0, 0.1) is 6.92 Å². The number of ether oxygens (including phenoxy) is 3. The summed E-state index contributed by atoms with van der Waals surface area (Å²) >= 11 is 0. The molecule has 2 aliphatic heterocycles. The Balaban J connectivity index is 1.58. The maximum absolute atomic E-state index is 13.0. The van der Waals surface area contributed by atoms with Crippen LogP contribution in [0.1, 0.15) is 35.2 Å². The van der Waals surface area contributed by atoms with Crippen molar-refractivity contribution in [3.63, 3.8) is 0 Å². The Kier molecular flexibility index (Phi) is 5.23. The van der Waals surface area contributed by atoms with Crippen LogP contribution in [-0.2, 0) is 10.0 Å². The topological polar surface area (TPSA) is 82.1 Å². The van der Waals surface area contributed by atoms with Crippen LogP contribution in [0.4, 0.5) is 0 Å². The molecule has 0 saturated carbocycles. The third-order valence-corrected chi connectivity index (χ3v) is 7.81. The number of sulfonamides is 1. The van der Waals surface area contributed by atoms with Gasteiger partial charge in [0.2, 0.25) is 15.8 Å². The molecule has 0 aromatic heterocycles. The van der Waals surface area contributed by atoms with Crippen LogP contribution in [0.15, 0.2) is 41.3 Å². The molecule has 30 heavy (non-hydrogen) atoms. The highest BCUT2D eigenvalue weighted by molar-refractivity contribution is 7.89. The summed E-state index contributed by atoms with van der Waals surface area (Å²) in [6, 6.07) is 10.2. The van der Waals surface area contributed by atoms with Gasteiger partial charge in [-0.3, -0.25) is 4.79 Å². The number of carbonyl (C=O) groups is 1. The largest absolute Gasteiger partial charge is 0.493 e. The minimum atomic E-state index is -3.58. The summed E-state index contributed by atoms with van der Waals surface area (Å²) in [5.41, 5.74) is 0.722. The number of carbonyl (C=O) groups excluding carboxylic acids is 1. The summed E-state index contributed by atoms with van der Waals surface area (Å²) in [5.74, 6) is 1.22. The molecule has 0 atom stereocenters. The molecule has 2 aromatic carbocycles. The molecule has 1 fully saturated rings. The first kappa shape index (κ1) is 20.7. The number of rotatable bonds is 4. The van der Waals surface area contributed by atoms with Gasteiger partial charge in [-0.1, -0.05) is 17.7 Å². The van der Waals surface area contributed by atoms with Gasteiger partial charge >= 0.3 is 0 Å². The second-order valence-electron chi connectivity index (χ2n) is 7.78. The van der Waals surface area contributed by atoms with Crippen molar-refractivity contribution in [2.45, 2.75) is 36.7 Å². The standard InChI is InChI=1S/C22H25NO6S/c1-15-4-6-16(7-5-15)30(25,26)23-12-10-22(11-13-23)14-18(24)17-8-9-19(27-2)21(28-3)20(17)29-22/h4-9H,10-14H2,1-3H3. The van der Waals surface area contributed by atoms with Gasteiger partial charge in [0.05, 0.1) is 31.1 Å². The summed E-state index contributed by atoms with van der Waals surface area (Å²) in [4.78, 5) is 13.1. The van der Waals surface area contributed by atoms with E-state index in [1.165, 1.54) is 18.5 Å². The van der Waals surface area contributed by atoms with Crippen LogP contribution in [0.25, 0.3) is 0 Å². The van der Waals surface area contributed by atoms with Crippen molar-refractivity contribution in [3.05, 3.63) is 47.5 Å². The molecule has 0 unspecified atom stereocenters. The average Bonchev–Trinajstić information content (AvgIpc) is 2.73. The van der Waals surface area contributed by atoms with Crippen LogP contribution >= 0.6 is 0 Å². The lowest BCUT2D eigenvalue weighted by Crippen LogP contribution is -2.52. The third-order valence-electron chi connectivity index (χ3n) is 5.89. The molecule has 0 N–H and O–H groups in total. The van der Waals surface area contributed by atoms with Crippen molar-refractivity contribution >= 4 is 15.8 Å². The molecule has 2 aromatic rings. The molecule has 0 amide bonds. The summed E-state index contributed by atoms with van der Waals surface area (Å²) in [5, 5.41) is 0. The van der Waals surface area contributed by atoms with E-state index in [4.69, 9.17) is 14.2 Å². The number of methoxy groups -OCH3 is 2. The summed E-state index contributed by atoms with van der Waals surface area (Å²) in [7, 11) is -0.553. The van der Waals surface area contributed by atoms with Gasteiger partial charge in [0.15, 0.2) is 17.3 Å². The van der Waals surface area contributed by atoms with Gasteiger partial charge in [0.25, 0.3) is 0 Å². The van der Waals surface area contributed by atoms with Crippen molar-refractivity contribution in [1.82, 2.24) is 4.31 Å². The number of hydrogen-bond donors (Lipinski definition) is 0. The molecule has 7 nitrogen and oxygen atoms in total. The first-order chi connectivity index (χ1) is 14.3. The Labute approximate surface area is 176 Å². The third kappa shape index (κ3) is 3.44. The number of ketones is 1. The quantitative estimate of drug-likeness (QED) is 0.739. The monoisotopic (exact) mass is 431 g/mol. The number of benzene rings is 2. The zero-order valence-electron chi connectivity index (χ0n) is 17.3. The van der Waals surface area contributed by atoms with Gasteiger partial charge in [-0.05, 0) is 31.2 Å². The smallest absolute Gasteiger partial charge is 0.243 e. The van der Waals surface area contributed by atoms with E-state index >= 15 is 0 Å². The van der Waals surface area contributed by atoms with E-state index in [0.29, 0.717) is 35.7 Å². The minimum Gasteiger partial charge on any atom is -0.493 e. The molecule has 0 radical (unpaired) electrons. The first-order valence-corrected chi connectivity index (χ1v) is 11.3. The predicted molar refractivity (Wildman–Crippen MR) is 111 cm³/mol. The zero-order chi connectivity index (χ0) is 21.5. The maximum atomic E-state index is 13.0. The Morgan fingerprint density at radius 3 is 2.27 bits per heavy atom. The van der Waals surface area contributed by atoms with E-state index < -0.39 is 15.6 Å². The lowest BCUT2D eigenvalue weighted by Gasteiger charge is -2.43. The number of fused-ring (bicyclic) bond motifs is 1. The van der Waals surface area contributed by atoms with E-state index in [9.17, 15) is 13.2 Å². The van der Waals surface area contributed by atoms with Crippen LogP contribution < -0.4 is 14.2 Å². The maximum Gasteiger partial charge on any atom is 0.243 e. The molecule has 2 aliphatic rings. The summed E-state index contributed by atoms with van der Waals surface area (Å²) in [6.45, 7) is 2.48. The van der Waals surface area contributed by atoms with Gasteiger partial charge < -0.3 is 14.2 Å². The highest BCUT2D eigenvalue weighted by Crippen LogP contribution is 2.48. The van der Waals surface area contributed by atoms with Gasteiger partial charge in [-0.25, -0.2) is 8.42 Å². The van der Waals surface area contributed by atoms with Crippen molar-refractivity contribution < 1.29 is 27.4 Å². The molecule has 160 valence electrons. The van der Waals surface area contributed by atoms with Crippen LogP contribution in [-0.4, -0.2) is 51.4 Å². The minimum absolute atomic E-state index is 0.0351. The second kappa shape index (κ2) is 7.59. The molecule has 1 saturated heterocycles. The molecule has 1 spiro atoms. The van der Waals surface area contributed by atoms with E-state index in [-0.39, 0.29) is 30.2 Å². The van der Waals surface area contributed by atoms with Gasteiger partial charge in [0, 0.05) is 25.9 Å². The summed E-state index contributed by atoms with van der Waals surface area (Å²) < 4.78 is 44.6. The summed E-state index contributed by atoms with van der Waals surface area (Å²) in [6.07, 6.45) is 1.06. The molecule has 0 aliphatic carbocycles. The zero-order valence-corrected chi connectivity index (χ0v) is 18.1. The Bertz CT molecular complexity index is 1070. The number of nitrogens with zero attached hydrogens (tertiary/aromatic N) is 1. The molecule has 0 bridgehead atoms. The van der Waals surface area contributed by atoms with E-state index in [0.717, 1.165) is 5.56 Å². The Hall–Kier alpha value is -2.58. The lowest BCUT2D eigenvalue weighted by molar-refractivity contribution is 0.00376. The number of Topliss-reactive ketones (excluding diaryl/α,β-unsaturated/α-hetero) is 1. The Morgan fingerprint density at radius 1 is 1.00 bits per heavy atom. The van der Waals surface area contributed by atoms with Gasteiger partial charge in [0.1, 0.15) is 5.60 Å². The average molecular weight is 432 g/mol. The van der Waals surface area contributed by atoms with Crippen molar-refractivity contribution in [2.75, 3.05) is 27.3 Å². The fraction of sp³-hybridized carbons (Fsp3) is 0.409. The van der Waals surface area contributed by atoms with Crippen molar-refractivity contribution in [3.8, 4) is 17.2 Å². The lowest BCUT2D eigenvalue weighted by atomic mass is 9.83. The SMILES string of the molecule is COc1ccc2c(c1OC)OC1(CCN(S(=O)(=O)c3ccc(C)cc3)CC1)CC2=O. The highest BCUT2D eigenvalue weighted by atomic mass is 32.2. The van der Waals surface area contributed by atoms with Crippen LogP contribution in [0.3, 0.4) is 0 Å². The number of piperidine rings is 1. The fourth-order valence-electron chi connectivity index (χ4n) is 4.13. The second-order valence-corrected chi connectivity index (χ2v) is 9.72. The first-order valence-electron chi connectivity index (χ1n) is 9.84. The molecular weight excluding hydrogens is 406 g/mol. The highest BCUT2D eigenvalue weighted by Gasteiger charge is 2.46. The van der Waals surface area contributed by atoms with Gasteiger partial charge in [-0.2, -0.15) is 4.31 Å². The van der Waals surface area contributed by atoms with Crippen LogP contribution in [0.2, 0.25) is 0 Å². The Morgan fingerprint density at radius 2 is 1.67 bits per heavy atom. The molecular formula is C22H25NO6S. The predicted octanol–water partition coefficient (Wildman–Crippen LogP) is 3.20. The fourth-order valence-corrected chi connectivity index (χ4v) is 5.57. The van der Waals surface area contributed by atoms with Crippen LogP contribution in [0.5, 0.6) is 17.2 Å².